The average Bonchev–Trinajstić information content (AvgIpc) is 2.74. The van der Waals surface area contributed by atoms with E-state index in [1.165, 1.54) is 5.39 Å². The zero-order valence-corrected chi connectivity index (χ0v) is 9.24. The lowest BCUT2D eigenvalue weighted by molar-refractivity contribution is 0.273. The van der Waals surface area contributed by atoms with Crippen LogP contribution in [-0.4, -0.2) is 18.3 Å². The summed E-state index contributed by atoms with van der Waals surface area (Å²) < 4.78 is 17.3. The summed E-state index contributed by atoms with van der Waals surface area (Å²) in [6.45, 7) is -0.365. The van der Waals surface area contributed by atoms with Crippen LogP contribution in [-0.2, 0) is 0 Å². The summed E-state index contributed by atoms with van der Waals surface area (Å²) >= 11 is 0. The molecule has 0 bridgehead atoms. The first-order valence-corrected chi connectivity index (χ1v) is 5.58. The Balaban J connectivity index is 2.13. The first-order chi connectivity index (χ1) is 8.38. The molecular formula is C14H12FNO. The molecule has 0 aliphatic rings. The molecule has 0 aliphatic carbocycles. The molecule has 0 spiro atoms. The molecule has 1 heterocycles. The molecule has 0 aliphatic heterocycles. The van der Waals surface area contributed by atoms with Gasteiger partial charge in [0.2, 0.25) is 0 Å². The lowest BCUT2D eigenvalue weighted by Gasteiger charge is -2.02. The van der Waals surface area contributed by atoms with E-state index in [0.717, 1.165) is 16.4 Å². The highest BCUT2D eigenvalue weighted by atomic mass is 19.1. The topological polar surface area (TPSA) is 25.0 Å². The molecule has 3 rings (SSSR count). The van der Waals surface area contributed by atoms with E-state index in [-0.39, 0.29) is 6.61 Å². The summed E-state index contributed by atoms with van der Waals surface area (Å²) in [5, 5.41) is 2.35. The van der Waals surface area contributed by atoms with Gasteiger partial charge in [-0.15, -0.1) is 0 Å². The summed E-state index contributed by atoms with van der Waals surface area (Å²) in [7, 11) is 0. The van der Waals surface area contributed by atoms with Gasteiger partial charge in [0.25, 0.3) is 0 Å². The first-order valence-electron chi connectivity index (χ1n) is 5.58. The van der Waals surface area contributed by atoms with Crippen molar-refractivity contribution in [1.29, 1.82) is 0 Å². The molecule has 0 saturated heterocycles. The van der Waals surface area contributed by atoms with E-state index in [1.54, 1.807) is 0 Å². The maximum Gasteiger partial charge on any atom is 0.123 e. The van der Waals surface area contributed by atoms with Crippen LogP contribution in [0, 0.1) is 0 Å². The Bertz CT molecular complexity index is 659. The van der Waals surface area contributed by atoms with Crippen LogP contribution in [0.1, 0.15) is 0 Å². The third-order valence-corrected chi connectivity index (χ3v) is 2.82. The summed E-state index contributed by atoms with van der Waals surface area (Å²) in [5.41, 5.74) is 2.12. The highest BCUT2D eigenvalue weighted by Crippen LogP contribution is 2.27. The van der Waals surface area contributed by atoms with E-state index < -0.39 is 6.67 Å². The number of fused-ring (bicyclic) bond motifs is 3. The minimum Gasteiger partial charge on any atom is -0.491 e. The standard InChI is InChI=1S/C14H12FNO/c15-7-8-17-10-5-6-12-11-3-1-2-4-13(11)16-14(12)9-10/h1-6,9,16H,7-8H2. The number of halogens is 1. The largest absolute Gasteiger partial charge is 0.491 e. The van der Waals surface area contributed by atoms with Crippen molar-refractivity contribution in [2.45, 2.75) is 0 Å². The number of aromatic amines is 1. The fraction of sp³-hybridized carbons (Fsp3) is 0.143. The number of para-hydroxylation sites is 1. The van der Waals surface area contributed by atoms with Gasteiger partial charge in [0, 0.05) is 22.4 Å². The minimum absolute atomic E-state index is 0.103. The zero-order valence-electron chi connectivity index (χ0n) is 9.24. The summed E-state index contributed by atoms with van der Waals surface area (Å²) in [6.07, 6.45) is 0. The third kappa shape index (κ3) is 1.73. The Morgan fingerprint density at radius 1 is 1.00 bits per heavy atom. The molecule has 0 atom stereocenters. The highest BCUT2D eigenvalue weighted by molar-refractivity contribution is 6.07. The minimum atomic E-state index is -0.468. The van der Waals surface area contributed by atoms with Gasteiger partial charge in [-0.1, -0.05) is 18.2 Å². The molecule has 2 nitrogen and oxygen atoms in total. The number of rotatable bonds is 3. The predicted molar refractivity (Wildman–Crippen MR) is 67.3 cm³/mol. The first kappa shape index (κ1) is 10.1. The van der Waals surface area contributed by atoms with Gasteiger partial charge in [0.15, 0.2) is 0 Å². The lowest BCUT2D eigenvalue weighted by atomic mass is 10.1. The predicted octanol–water partition coefficient (Wildman–Crippen LogP) is 3.67. The Kier molecular flexibility index (Phi) is 2.44. The van der Waals surface area contributed by atoms with Gasteiger partial charge in [-0.25, -0.2) is 4.39 Å². The Hall–Kier alpha value is -2.03. The fourth-order valence-electron chi connectivity index (χ4n) is 2.08. The van der Waals surface area contributed by atoms with Gasteiger partial charge in [-0.05, 0) is 18.2 Å². The number of hydrogen-bond donors (Lipinski definition) is 1. The van der Waals surface area contributed by atoms with Gasteiger partial charge in [-0.2, -0.15) is 0 Å². The Morgan fingerprint density at radius 2 is 1.82 bits per heavy atom. The van der Waals surface area contributed by atoms with Crippen molar-refractivity contribution in [2.75, 3.05) is 13.3 Å². The highest BCUT2D eigenvalue weighted by Gasteiger charge is 2.04. The van der Waals surface area contributed by atoms with E-state index in [0.29, 0.717) is 5.75 Å². The van der Waals surface area contributed by atoms with Gasteiger partial charge in [0.1, 0.15) is 19.0 Å². The SMILES string of the molecule is FCCOc1ccc2c(c1)[nH]c1ccccc12. The number of alkyl halides is 1. The van der Waals surface area contributed by atoms with Crippen LogP contribution in [0.4, 0.5) is 4.39 Å². The molecular weight excluding hydrogens is 217 g/mol. The van der Waals surface area contributed by atoms with E-state index in [4.69, 9.17) is 4.74 Å². The van der Waals surface area contributed by atoms with Crippen molar-refractivity contribution in [1.82, 2.24) is 4.98 Å². The number of benzene rings is 2. The molecule has 2 aromatic carbocycles. The molecule has 0 saturated carbocycles. The second kappa shape index (κ2) is 4.09. The number of aromatic nitrogens is 1. The van der Waals surface area contributed by atoms with Crippen LogP contribution in [0.15, 0.2) is 42.5 Å². The zero-order chi connectivity index (χ0) is 11.7. The number of ether oxygens (including phenoxy) is 1. The average molecular weight is 229 g/mol. The maximum absolute atomic E-state index is 12.0. The summed E-state index contributed by atoms with van der Waals surface area (Å²) in [4.78, 5) is 3.32. The van der Waals surface area contributed by atoms with E-state index >= 15 is 0 Å². The van der Waals surface area contributed by atoms with Crippen molar-refractivity contribution in [2.24, 2.45) is 0 Å². The van der Waals surface area contributed by atoms with Crippen molar-refractivity contribution >= 4 is 21.8 Å². The second-order valence-corrected chi connectivity index (χ2v) is 3.92. The van der Waals surface area contributed by atoms with Crippen LogP contribution in [0.25, 0.3) is 21.8 Å². The molecule has 1 aromatic heterocycles. The molecule has 0 radical (unpaired) electrons. The van der Waals surface area contributed by atoms with Crippen molar-refractivity contribution in [3.8, 4) is 5.75 Å². The summed E-state index contributed by atoms with van der Waals surface area (Å²) in [6, 6.07) is 13.9. The molecule has 0 amide bonds. The third-order valence-electron chi connectivity index (χ3n) is 2.82. The summed E-state index contributed by atoms with van der Waals surface area (Å²) in [5.74, 6) is 0.696. The van der Waals surface area contributed by atoms with Gasteiger partial charge in [-0.3, -0.25) is 0 Å². The molecule has 17 heavy (non-hydrogen) atoms. The molecule has 1 N–H and O–H groups in total. The van der Waals surface area contributed by atoms with Crippen LogP contribution in [0.2, 0.25) is 0 Å². The van der Waals surface area contributed by atoms with Crippen molar-refractivity contribution < 1.29 is 9.13 Å². The number of hydrogen-bond acceptors (Lipinski definition) is 1. The maximum atomic E-state index is 12.0. The number of nitrogens with one attached hydrogen (secondary N) is 1. The monoisotopic (exact) mass is 229 g/mol. The fourth-order valence-corrected chi connectivity index (χ4v) is 2.08. The van der Waals surface area contributed by atoms with Gasteiger partial charge >= 0.3 is 0 Å². The van der Waals surface area contributed by atoms with Gasteiger partial charge in [0.05, 0.1) is 5.52 Å². The molecule has 3 aromatic rings. The van der Waals surface area contributed by atoms with Gasteiger partial charge < -0.3 is 9.72 Å². The number of H-pyrrole nitrogens is 1. The molecule has 86 valence electrons. The van der Waals surface area contributed by atoms with Crippen LogP contribution in [0.5, 0.6) is 5.75 Å². The van der Waals surface area contributed by atoms with Crippen LogP contribution >= 0.6 is 0 Å². The molecule has 0 unspecified atom stereocenters. The van der Waals surface area contributed by atoms with E-state index in [9.17, 15) is 4.39 Å². The quantitative estimate of drug-likeness (QED) is 0.728. The van der Waals surface area contributed by atoms with E-state index in [2.05, 4.69) is 11.1 Å². The van der Waals surface area contributed by atoms with Crippen LogP contribution < -0.4 is 4.74 Å². The van der Waals surface area contributed by atoms with Crippen LogP contribution in [0.3, 0.4) is 0 Å². The Morgan fingerprint density at radius 3 is 2.71 bits per heavy atom. The van der Waals surface area contributed by atoms with Crippen molar-refractivity contribution in [3.63, 3.8) is 0 Å². The van der Waals surface area contributed by atoms with E-state index in [1.807, 2.05) is 36.4 Å². The second-order valence-electron chi connectivity index (χ2n) is 3.92. The van der Waals surface area contributed by atoms with Crippen molar-refractivity contribution in [3.05, 3.63) is 42.5 Å². The smallest absolute Gasteiger partial charge is 0.123 e. The molecule has 0 fully saturated rings. The normalized spacial score (nSPS) is 11.1. The Labute approximate surface area is 98.0 Å². The lowest BCUT2D eigenvalue weighted by Crippen LogP contribution is -1.98. The molecule has 3 heteroatoms.